The number of ether oxygens (including phenoxy) is 2. The van der Waals surface area contributed by atoms with Crippen LogP contribution in [0.1, 0.15) is 13.8 Å². The van der Waals surface area contributed by atoms with E-state index in [1.54, 1.807) is 23.6 Å². The second-order valence-electron chi connectivity index (χ2n) is 5.71. The monoisotopic (exact) mass is 438 g/mol. The molecule has 2 fully saturated rings. The van der Waals surface area contributed by atoms with Gasteiger partial charge in [-0.25, -0.2) is 9.59 Å². The number of hydrogen-bond acceptors (Lipinski definition) is 10. The molecular formula is C16H26N2O6S3. The van der Waals surface area contributed by atoms with Crippen molar-refractivity contribution in [2.45, 2.75) is 24.6 Å². The number of amides is 1. The molecule has 0 aromatic carbocycles. The summed E-state index contributed by atoms with van der Waals surface area (Å²) >= 11 is 4.13. The minimum absolute atomic E-state index is 0.00466. The van der Waals surface area contributed by atoms with Crippen LogP contribution in [-0.2, 0) is 28.7 Å². The summed E-state index contributed by atoms with van der Waals surface area (Å²) in [6.07, 6.45) is 0. The fourth-order valence-electron chi connectivity index (χ4n) is 2.27. The van der Waals surface area contributed by atoms with Gasteiger partial charge in [0.25, 0.3) is 0 Å². The first-order valence-electron chi connectivity index (χ1n) is 8.37. The van der Waals surface area contributed by atoms with Crippen LogP contribution in [0.4, 0.5) is 0 Å². The second-order valence-corrected chi connectivity index (χ2v) is 9.31. The largest absolute Gasteiger partial charge is 0.467 e. The molecule has 2 heterocycles. The molecule has 3 unspecified atom stereocenters. The molecule has 1 amide bonds. The van der Waals surface area contributed by atoms with Crippen LogP contribution < -0.4 is 5.32 Å². The Hall–Kier alpha value is -0.910. The summed E-state index contributed by atoms with van der Waals surface area (Å²) in [5.41, 5.74) is 0. The van der Waals surface area contributed by atoms with Crippen molar-refractivity contribution in [3.05, 3.63) is 0 Å². The quantitative estimate of drug-likeness (QED) is 0.620. The Labute approximate surface area is 172 Å². The molecule has 0 aromatic heterocycles. The smallest absolute Gasteiger partial charge is 0.339 e. The van der Waals surface area contributed by atoms with Crippen LogP contribution >= 0.6 is 35.3 Å². The Morgan fingerprint density at radius 2 is 1.81 bits per heavy atom. The van der Waals surface area contributed by atoms with Gasteiger partial charge in [0.1, 0.15) is 0 Å². The molecule has 2 saturated heterocycles. The van der Waals surface area contributed by atoms with Gasteiger partial charge in [-0.05, 0) is 0 Å². The number of carbonyl (C=O) groups excluding carboxylic acids is 4. The zero-order chi connectivity index (χ0) is 20.4. The van der Waals surface area contributed by atoms with E-state index in [4.69, 9.17) is 0 Å². The molecular weight excluding hydrogens is 412 g/mol. The van der Waals surface area contributed by atoms with Crippen LogP contribution in [0, 0.1) is 5.92 Å². The minimum atomic E-state index is -0.535. The van der Waals surface area contributed by atoms with E-state index in [2.05, 4.69) is 14.8 Å². The zero-order valence-electron chi connectivity index (χ0n) is 15.9. The summed E-state index contributed by atoms with van der Waals surface area (Å²) in [7, 11) is 2.72. The van der Waals surface area contributed by atoms with Gasteiger partial charge in [-0.1, -0.05) is 18.7 Å². The molecule has 3 atom stereocenters. The highest BCUT2D eigenvalue weighted by Crippen LogP contribution is 2.27. The predicted octanol–water partition coefficient (Wildman–Crippen LogP) is 0.799. The van der Waals surface area contributed by atoms with E-state index < -0.39 is 11.3 Å². The summed E-state index contributed by atoms with van der Waals surface area (Å²) in [5.74, 6) is 1.25. The number of methoxy groups -OCH3 is 2. The maximum absolute atomic E-state index is 12.2. The van der Waals surface area contributed by atoms with Crippen LogP contribution in [0.3, 0.4) is 0 Å². The summed E-state index contributed by atoms with van der Waals surface area (Å²) in [6, 6.07) is 0. The average molecular weight is 439 g/mol. The molecule has 11 heteroatoms. The Kier molecular flexibility index (Phi) is 11.2. The van der Waals surface area contributed by atoms with Gasteiger partial charge < -0.3 is 14.4 Å². The Morgan fingerprint density at radius 1 is 1.15 bits per heavy atom. The summed E-state index contributed by atoms with van der Waals surface area (Å²) in [4.78, 5) is 46.8. The zero-order valence-corrected chi connectivity index (χ0v) is 18.3. The van der Waals surface area contributed by atoms with Crippen molar-refractivity contribution in [2.24, 2.45) is 5.92 Å². The van der Waals surface area contributed by atoms with E-state index in [-0.39, 0.29) is 28.3 Å². The van der Waals surface area contributed by atoms with Crippen LogP contribution in [0.2, 0.25) is 0 Å². The van der Waals surface area contributed by atoms with Crippen LogP contribution in [0.5, 0.6) is 0 Å². The lowest BCUT2D eigenvalue weighted by molar-refractivity contribution is -0.149. The Bertz CT molecular complexity index is 542. The third-order valence-corrected chi connectivity index (χ3v) is 7.05. The number of nitrogens with zero attached hydrogens (tertiary/aromatic N) is 1. The van der Waals surface area contributed by atoms with Gasteiger partial charge in [-0.3, -0.25) is 14.9 Å². The third kappa shape index (κ3) is 7.92. The average Bonchev–Trinajstić information content (AvgIpc) is 3.36. The lowest BCUT2D eigenvalue weighted by Crippen LogP contribution is -2.43. The minimum Gasteiger partial charge on any atom is -0.467 e. The number of thioether (sulfide) groups is 3. The van der Waals surface area contributed by atoms with E-state index in [9.17, 15) is 19.2 Å². The molecule has 27 heavy (non-hydrogen) atoms. The number of nitrogens with one attached hydrogen (secondary N) is 1. The van der Waals surface area contributed by atoms with Gasteiger partial charge in [-0.15, -0.1) is 23.5 Å². The fourth-order valence-corrected chi connectivity index (χ4v) is 4.99. The van der Waals surface area contributed by atoms with Gasteiger partial charge in [0.2, 0.25) is 5.91 Å². The first kappa shape index (κ1) is 24.1. The van der Waals surface area contributed by atoms with Crippen molar-refractivity contribution < 1.29 is 28.7 Å². The van der Waals surface area contributed by atoms with Crippen molar-refractivity contribution in [1.29, 1.82) is 0 Å². The molecule has 0 aliphatic carbocycles. The van der Waals surface area contributed by atoms with Crippen LogP contribution in [0.15, 0.2) is 0 Å². The highest BCUT2D eigenvalue weighted by atomic mass is 32.2. The summed E-state index contributed by atoms with van der Waals surface area (Å²) in [5, 5.41) is 2.34. The van der Waals surface area contributed by atoms with Crippen molar-refractivity contribution in [1.82, 2.24) is 10.2 Å². The topological polar surface area (TPSA) is 102 Å². The van der Waals surface area contributed by atoms with Gasteiger partial charge in [0, 0.05) is 43.2 Å². The van der Waals surface area contributed by atoms with Gasteiger partial charge >= 0.3 is 11.9 Å². The normalized spacial score (nSPS) is 22.4. The molecule has 2 rings (SSSR count). The van der Waals surface area contributed by atoms with Gasteiger partial charge in [0.05, 0.1) is 14.2 Å². The van der Waals surface area contributed by atoms with Gasteiger partial charge in [-0.2, -0.15) is 0 Å². The first-order chi connectivity index (χ1) is 12.8. The van der Waals surface area contributed by atoms with E-state index in [1.165, 1.54) is 32.9 Å². The molecule has 2 aliphatic rings. The van der Waals surface area contributed by atoms with E-state index in [0.717, 1.165) is 29.8 Å². The first-order valence-corrected chi connectivity index (χ1v) is 11.5. The molecule has 1 N–H and O–H groups in total. The van der Waals surface area contributed by atoms with Crippen molar-refractivity contribution in [2.75, 3.05) is 44.6 Å². The Balaban J connectivity index is 0.000000337. The lowest BCUT2D eigenvalue weighted by atomic mass is 10.2. The number of carbonyl (C=O) groups is 4. The highest BCUT2D eigenvalue weighted by Gasteiger charge is 2.37. The summed E-state index contributed by atoms with van der Waals surface area (Å²) in [6.45, 7) is 4.71. The van der Waals surface area contributed by atoms with Crippen LogP contribution in [-0.4, -0.2) is 83.2 Å². The van der Waals surface area contributed by atoms with Gasteiger partial charge in [0.15, 0.2) is 15.9 Å². The predicted molar refractivity (Wildman–Crippen MR) is 109 cm³/mol. The number of esters is 2. The van der Waals surface area contributed by atoms with Crippen LogP contribution in [0.25, 0.3) is 0 Å². The second kappa shape index (κ2) is 12.5. The molecule has 0 saturated carbocycles. The standard InChI is InChI=1S/C11H17NO4S2.C5H9NO2S/c1-7(6-18-8(2)13)9(14)12-4-5-17-10(12)11(15)16-3;1-8-5(7)4-6-2-3-9-4/h7,10H,4-6H2,1-3H3;4,6H,2-3H2,1H3. The fraction of sp³-hybridized carbons (Fsp3) is 0.750. The molecule has 8 nitrogen and oxygen atoms in total. The highest BCUT2D eigenvalue weighted by molar-refractivity contribution is 8.13. The SMILES string of the molecule is COC(=O)C1NCCS1.COC(=O)C1SCCN1C(=O)C(C)CSC(C)=O. The van der Waals surface area contributed by atoms with Crippen molar-refractivity contribution >= 4 is 58.2 Å². The molecule has 0 spiro atoms. The van der Waals surface area contributed by atoms with E-state index >= 15 is 0 Å². The molecule has 154 valence electrons. The van der Waals surface area contributed by atoms with E-state index in [1.807, 2.05) is 0 Å². The molecule has 2 aliphatic heterocycles. The Morgan fingerprint density at radius 3 is 2.33 bits per heavy atom. The third-order valence-electron chi connectivity index (χ3n) is 3.67. The van der Waals surface area contributed by atoms with Crippen molar-refractivity contribution in [3.8, 4) is 0 Å². The maximum Gasteiger partial charge on any atom is 0.339 e. The molecule has 0 radical (unpaired) electrons. The number of rotatable bonds is 5. The van der Waals surface area contributed by atoms with E-state index in [0.29, 0.717) is 12.3 Å². The summed E-state index contributed by atoms with van der Waals surface area (Å²) < 4.78 is 9.19. The number of hydrogen-bond donors (Lipinski definition) is 1. The maximum atomic E-state index is 12.2. The van der Waals surface area contributed by atoms with Crippen molar-refractivity contribution in [3.63, 3.8) is 0 Å². The molecule has 0 aromatic rings. The molecule has 0 bridgehead atoms. The lowest BCUT2D eigenvalue weighted by Gasteiger charge is -2.24.